The van der Waals surface area contributed by atoms with Gasteiger partial charge in [-0.15, -0.1) is 0 Å². The van der Waals surface area contributed by atoms with Gasteiger partial charge in [0, 0.05) is 5.39 Å². The standard InChI is InChI=1S/C19H17N3OS/c1-12-10-18(22-19-13(12)6-5-9-16(19)23-2)24-11-17-20-14-7-3-4-8-15(14)21-17/h3-10H,11H2,1-2H3,(H,20,21). The highest BCUT2D eigenvalue weighted by Crippen LogP contribution is 2.30. The van der Waals surface area contributed by atoms with Gasteiger partial charge in [0.05, 0.1) is 28.9 Å². The van der Waals surface area contributed by atoms with E-state index in [4.69, 9.17) is 9.72 Å². The molecule has 4 nitrogen and oxygen atoms in total. The van der Waals surface area contributed by atoms with E-state index in [9.17, 15) is 0 Å². The Hall–Kier alpha value is -2.53. The number of imidazole rings is 1. The highest BCUT2D eigenvalue weighted by atomic mass is 32.2. The van der Waals surface area contributed by atoms with E-state index < -0.39 is 0 Å². The minimum atomic E-state index is 0.752. The molecule has 0 aliphatic rings. The third kappa shape index (κ3) is 2.71. The molecule has 0 bridgehead atoms. The largest absolute Gasteiger partial charge is 0.494 e. The van der Waals surface area contributed by atoms with Crippen molar-refractivity contribution in [3.63, 3.8) is 0 Å². The Morgan fingerprint density at radius 2 is 1.96 bits per heavy atom. The molecule has 1 N–H and O–H groups in total. The minimum absolute atomic E-state index is 0.752. The number of rotatable bonds is 4. The van der Waals surface area contributed by atoms with E-state index in [1.54, 1.807) is 18.9 Å². The lowest BCUT2D eigenvalue weighted by atomic mass is 10.1. The highest BCUT2D eigenvalue weighted by Gasteiger charge is 2.09. The third-order valence-corrected chi connectivity index (χ3v) is 4.92. The first-order valence-electron chi connectivity index (χ1n) is 7.75. The minimum Gasteiger partial charge on any atom is -0.494 e. The van der Waals surface area contributed by atoms with E-state index in [1.807, 2.05) is 36.4 Å². The van der Waals surface area contributed by atoms with Gasteiger partial charge in [-0.2, -0.15) is 0 Å². The van der Waals surface area contributed by atoms with Crippen molar-refractivity contribution < 1.29 is 4.74 Å². The quantitative estimate of drug-likeness (QED) is 0.548. The number of aryl methyl sites for hydroxylation is 1. The SMILES string of the molecule is COc1cccc2c(C)cc(SCc3nc4ccccc4[nH]3)nc12. The van der Waals surface area contributed by atoms with Gasteiger partial charge in [0.2, 0.25) is 0 Å². The number of nitrogens with one attached hydrogen (secondary N) is 1. The van der Waals surface area contributed by atoms with E-state index in [-0.39, 0.29) is 0 Å². The van der Waals surface area contributed by atoms with Gasteiger partial charge >= 0.3 is 0 Å². The molecule has 0 saturated carbocycles. The molecule has 2 aromatic carbocycles. The summed E-state index contributed by atoms with van der Waals surface area (Å²) in [4.78, 5) is 12.7. The fraction of sp³-hybridized carbons (Fsp3) is 0.158. The number of hydrogen-bond donors (Lipinski definition) is 1. The second kappa shape index (κ2) is 6.17. The lowest BCUT2D eigenvalue weighted by Gasteiger charge is -2.09. The molecule has 0 atom stereocenters. The molecule has 0 radical (unpaired) electrons. The number of hydrogen-bond acceptors (Lipinski definition) is 4. The number of thioether (sulfide) groups is 1. The van der Waals surface area contributed by atoms with Gasteiger partial charge in [0.25, 0.3) is 0 Å². The number of pyridine rings is 1. The Bertz CT molecular complexity index is 993. The molecular weight excluding hydrogens is 318 g/mol. The molecule has 24 heavy (non-hydrogen) atoms. The van der Waals surface area contributed by atoms with Crippen molar-refractivity contribution in [2.45, 2.75) is 17.7 Å². The number of nitrogens with zero attached hydrogens (tertiary/aromatic N) is 2. The topological polar surface area (TPSA) is 50.8 Å². The van der Waals surface area contributed by atoms with Crippen LogP contribution in [0.4, 0.5) is 0 Å². The number of para-hydroxylation sites is 3. The van der Waals surface area contributed by atoms with Crippen LogP contribution in [0.1, 0.15) is 11.4 Å². The van der Waals surface area contributed by atoms with Crippen LogP contribution in [0.3, 0.4) is 0 Å². The van der Waals surface area contributed by atoms with Crippen molar-refractivity contribution in [1.82, 2.24) is 15.0 Å². The van der Waals surface area contributed by atoms with Crippen LogP contribution in [-0.4, -0.2) is 22.1 Å². The second-order valence-corrected chi connectivity index (χ2v) is 6.62. The lowest BCUT2D eigenvalue weighted by molar-refractivity contribution is 0.418. The average Bonchev–Trinajstić information content (AvgIpc) is 3.02. The van der Waals surface area contributed by atoms with Crippen molar-refractivity contribution >= 4 is 33.7 Å². The summed E-state index contributed by atoms with van der Waals surface area (Å²) in [5.74, 6) is 2.52. The van der Waals surface area contributed by atoms with Crippen LogP contribution < -0.4 is 4.74 Å². The molecule has 5 heteroatoms. The number of aromatic amines is 1. The Morgan fingerprint density at radius 1 is 1.08 bits per heavy atom. The summed E-state index contributed by atoms with van der Waals surface area (Å²) < 4.78 is 5.45. The Morgan fingerprint density at radius 3 is 2.79 bits per heavy atom. The van der Waals surface area contributed by atoms with E-state index in [0.717, 1.165) is 44.3 Å². The second-order valence-electron chi connectivity index (χ2n) is 5.62. The number of aromatic nitrogens is 3. The fourth-order valence-corrected chi connectivity index (χ4v) is 3.65. The van der Waals surface area contributed by atoms with E-state index in [1.165, 1.54) is 5.56 Å². The fourth-order valence-electron chi connectivity index (χ4n) is 2.82. The van der Waals surface area contributed by atoms with Crippen molar-refractivity contribution in [3.05, 3.63) is 59.9 Å². The van der Waals surface area contributed by atoms with Crippen molar-refractivity contribution in [2.24, 2.45) is 0 Å². The van der Waals surface area contributed by atoms with Crippen molar-refractivity contribution in [1.29, 1.82) is 0 Å². The molecule has 0 fully saturated rings. The summed E-state index contributed by atoms with van der Waals surface area (Å²) in [6.07, 6.45) is 0. The summed E-state index contributed by atoms with van der Waals surface area (Å²) >= 11 is 1.68. The Labute approximate surface area is 144 Å². The smallest absolute Gasteiger partial charge is 0.145 e. The van der Waals surface area contributed by atoms with E-state index in [0.29, 0.717) is 0 Å². The molecule has 0 aliphatic heterocycles. The predicted molar refractivity (Wildman–Crippen MR) is 98.7 cm³/mol. The first kappa shape index (κ1) is 15.0. The summed E-state index contributed by atoms with van der Waals surface area (Å²) in [5, 5.41) is 2.10. The summed E-state index contributed by atoms with van der Waals surface area (Å²) in [5.41, 5.74) is 4.17. The molecule has 4 aromatic rings. The number of H-pyrrole nitrogens is 1. The zero-order valence-corrected chi connectivity index (χ0v) is 14.4. The lowest BCUT2D eigenvalue weighted by Crippen LogP contribution is -1.92. The van der Waals surface area contributed by atoms with Crippen LogP contribution in [0.15, 0.2) is 53.6 Å². The molecule has 2 heterocycles. The van der Waals surface area contributed by atoms with Gasteiger partial charge in [-0.25, -0.2) is 9.97 Å². The van der Waals surface area contributed by atoms with Crippen LogP contribution in [0, 0.1) is 6.92 Å². The zero-order chi connectivity index (χ0) is 16.5. The van der Waals surface area contributed by atoms with Crippen LogP contribution in [0.2, 0.25) is 0 Å². The van der Waals surface area contributed by atoms with Crippen molar-refractivity contribution in [2.75, 3.05) is 7.11 Å². The first-order valence-corrected chi connectivity index (χ1v) is 8.74. The van der Waals surface area contributed by atoms with Gasteiger partial charge < -0.3 is 9.72 Å². The molecule has 0 unspecified atom stereocenters. The summed E-state index contributed by atoms with van der Waals surface area (Å²) in [6.45, 7) is 2.11. The number of ether oxygens (including phenoxy) is 1. The maximum Gasteiger partial charge on any atom is 0.145 e. The predicted octanol–water partition coefficient (Wildman–Crippen LogP) is 4.72. The van der Waals surface area contributed by atoms with E-state index >= 15 is 0 Å². The van der Waals surface area contributed by atoms with Crippen LogP contribution >= 0.6 is 11.8 Å². The van der Waals surface area contributed by atoms with Gasteiger partial charge in [-0.05, 0) is 36.8 Å². The Balaban J connectivity index is 1.64. The third-order valence-electron chi connectivity index (χ3n) is 4.00. The molecule has 4 rings (SSSR count). The van der Waals surface area contributed by atoms with Gasteiger partial charge in [0.15, 0.2) is 0 Å². The molecule has 0 aliphatic carbocycles. The molecule has 0 saturated heterocycles. The summed E-state index contributed by atoms with van der Waals surface area (Å²) in [6, 6.07) is 16.2. The van der Waals surface area contributed by atoms with Crippen LogP contribution in [0.25, 0.3) is 21.9 Å². The van der Waals surface area contributed by atoms with Gasteiger partial charge in [-0.3, -0.25) is 0 Å². The zero-order valence-electron chi connectivity index (χ0n) is 13.5. The van der Waals surface area contributed by atoms with Crippen LogP contribution in [0.5, 0.6) is 5.75 Å². The first-order chi connectivity index (χ1) is 11.7. The normalized spacial score (nSPS) is 11.2. The average molecular weight is 335 g/mol. The molecule has 0 amide bonds. The van der Waals surface area contributed by atoms with E-state index in [2.05, 4.69) is 29.0 Å². The molecule has 120 valence electrons. The highest BCUT2D eigenvalue weighted by molar-refractivity contribution is 7.98. The molecular formula is C19H17N3OS. The summed E-state index contributed by atoms with van der Waals surface area (Å²) in [7, 11) is 1.68. The number of fused-ring (bicyclic) bond motifs is 2. The van der Waals surface area contributed by atoms with Gasteiger partial charge in [-0.1, -0.05) is 36.0 Å². The molecule has 0 spiro atoms. The van der Waals surface area contributed by atoms with Gasteiger partial charge in [0.1, 0.15) is 17.1 Å². The number of benzene rings is 2. The van der Waals surface area contributed by atoms with Crippen LogP contribution in [-0.2, 0) is 5.75 Å². The Kier molecular flexibility index (Phi) is 3.86. The maximum atomic E-state index is 5.45. The molecule has 2 aromatic heterocycles. The van der Waals surface area contributed by atoms with Crippen molar-refractivity contribution in [3.8, 4) is 5.75 Å². The number of methoxy groups -OCH3 is 1. The monoisotopic (exact) mass is 335 g/mol. The maximum absolute atomic E-state index is 5.45.